The van der Waals surface area contributed by atoms with Crippen LogP contribution in [0.25, 0.3) is 21.8 Å². The molecular formula is C46H54F2N10O7S2. The molecule has 5 fully saturated rings. The molecule has 4 aliphatic heterocycles. The Balaban J connectivity index is 0.000000188. The molecule has 9 rings (SSSR count). The monoisotopic (exact) mass is 960 g/mol. The highest BCUT2D eigenvalue weighted by Gasteiger charge is 2.34. The number of pyridine rings is 2. The van der Waals surface area contributed by atoms with Crippen molar-refractivity contribution in [1.29, 1.82) is 5.26 Å². The van der Waals surface area contributed by atoms with Crippen molar-refractivity contribution >= 4 is 70.9 Å². The van der Waals surface area contributed by atoms with E-state index >= 15 is 0 Å². The van der Waals surface area contributed by atoms with Crippen LogP contribution in [0.1, 0.15) is 52.8 Å². The predicted octanol–water partition coefficient (Wildman–Crippen LogP) is 3.68. The lowest BCUT2D eigenvalue weighted by atomic mass is 10.0. The van der Waals surface area contributed by atoms with E-state index in [1.54, 1.807) is 39.1 Å². The number of allylic oxidation sites excluding steroid dienone is 1. The number of halogens is 2. The number of rotatable bonds is 8. The summed E-state index contributed by atoms with van der Waals surface area (Å²) in [5.74, 6) is -1.28. The molecule has 21 heteroatoms. The minimum atomic E-state index is -3.35. The molecule has 0 bridgehead atoms. The quantitative estimate of drug-likeness (QED) is 0.184. The van der Waals surface area contributed by atoms with Crippen LogP contribution in [0.5, 0.6) is 0 Å². The Labute approximate surface area is 389 Å². The number of nitriles is 1. The lowest BCUT2D eigenvalue weighted by Gasteiger charge is -2.38. The van der Waals surface area contributed by atoms with Crippen molar-refractivity contribution in [3.05, 3.63) is 83.2 Å². The maximum atomic E-state index is 14.3. The third kappa shape index (κ3) is 10.8. The van der Waals surface area contributed by atoms with Crippen LogP contribution in [-0.2, 0) is 24.8 Å². The van der Waals surface area contributed by atoms with Gasteiger partial charge < -0.3 is 24.5 Å². The van der Waals surface area contributed by atoms with Crippen LogP contribution >= 0.6 is 0 Å². The summed E-state index contributed by atoms with van der Waals surface area (Å²) in [5.41, 5.74) is 3.42. The highest BCUT2D eigenvalue weighted by molar-refractivity contribution is 7.88. The fourth-order valence-corrected chi connectivity index (χ4v) is 10.8. The van der Waals surface area contributed by atoms with Crippen molar-refractivity contribution in [2.45, 2.75) is 32.1 Å². The normalized spacial score (nSPS) is 19.3. The van der Waals surface area contributed by atoms with Crippen molar-refractivity contribution in [3.8, 4) is 6.07 Å². The second kappa shape index (κ2) is 19.8. The molecule has 1 saturated carbocycles. The Morgan fingerprint density at radius 2 is 1.03 bits per heavy atom. The molecule has 5 aliphatic rings. The average molecular weight is 961 g/mol. The topological polar surface area (TPSA) is 192 Å². The largest absolute Gasteiger partial charge is 0.370 e. The van der Waals surface area contributed by atoms with Gasteiger partial charge in [-0.3, -0.25) is 24.4 Å². The van der Waals surface area contributed by atoms with E-state index in [0.717, 1.165) is 57.1 Å². The molecule has 0 atom stereocenters. The van der Waals surface area contributed by atoms with Crippen LogP contribution in [0, 0.1) is 28.9 Å². The maximum absolute atomic E-state index is 14.3. The summed E-state index contributed by atoms with van der Waals surface area (Å²) in [7, 11) is -6.61. The molecule has 4 aromatic rings. The first-order valence-electron chi connectivity index (χ1n) is 22.6. The second-order valence-electron chi connectivity index (χ2n) is 17.6. The van der Waals surface area contributed by atoms with E-state index in [1.807, 2.05) is 11.0 Å². The third-order valence-corrected chi connectivity index (χ3v) is 15.6. The van der Waals surface area contributed by atoms with Gasteiger partial charge in [-0.15, -0.1) is 0 Å². The van der Waals surface area contributed by atoms with Crippen LogP contribution in [0.3, 0.4) is 0 Å². The Morgan fingerprint density at radius 1 is 0.612 bits per heavy atom. The number of aromatic nitrogens is 2. The Bertz CT molecular complexity index is 2860. The smallest absolute Gasteiger partial charge is 0.264 e. The number of benzene rings is 2. The highest BCUT2D eigenvalue weighted by atomic mass is 32.2. The molecule has 6 heterocycles. The molecule has 0 unspecified atom stereocenters. The first kappa shape index (κ1) is 47.7. The number of hydrogen-bond donors (Lipinski definition) is 0. The molecule has 2 aromatic heterocycles. The molecule has 0 radical (unpaired) electrons. The van der Waals surface area contributed by atoms with Crippen LogP contribution in [0.2, 0.25) is 0 Å². The number of hydrogen-bond acceptors (Lipinski definition) is 12. The van der Waals surface area contributed by atoms with E-state index in [2.05, 4.69) is 14.9 Å². The summed E-state index contributed by atoms with van der Waals surface area (Å²) in [6.45, 7) is 5.20. The Hall–Kier alpha value is -5.82. The van der Waals surface area contributed by atoms with Crippen LogP contribution < -0.4 is 9.80 Å². The van der Waals surface area contributed by atoms with Gasteiger partial charge in [0.2, 0.25) is 20.0 Å². The average Bonchev–Trinajstić information content (AvgIpc) is 4.16. The van der Waals surface area contributed by atoms with Crippen molar-refractivity contribution in [2.75, 3.05) is 114 Å². The Kier molecular flexibility index (Phi) is 14.1. The van der Waals surface area contributed by atoms with Gasteiger partial charge in [-0.2, -0.15) is 13.9 Å². The third-order valence-electron chi connectivity index (χ3n) is 13.0. The molecule has 3 amide bonds. The van der Waals surface area contributed by atoms with E-state index in [-0.39, 0.29) is 68.4 Å². The number of piperazine rings is 3. The summed E-state index contributed by atoms with van der Waals surface area (Å²) >= 11 is 0. The van der Waals surface area contributed by atoms with Crippen molar-refractivity contribution < 1.29 is 40.0 Å². The molecule has 67 heavy (non-hydrogen) atoms. The predicted molar refractivity (Wildman–Crippen MR) is 249 cm³/mol. The number of piperidine rings is 1. The van der Waals surface area contributed by atoms with Crippen LogP contribution in [0.15, 0.2) is 60.4 Å². The zero-order valence-corrected chi connectivity index (χ0v) is 39.2. The standard InChI is InChI=1S/C26H29FN6O4S.C20H25FN4O3S/c1-38(36,37)33-12-10-32(11-13-33)26(35)22-17-29-23-5-4-20(27)15-21(23)24(22)30-6-8-31(9-7-30)25(34)19(16-28)14-18-2-3-18;1-29(27,28)25-11-9-24(10-12-25)20(26)17-14-22-18-6-5-15(21)13-16(18)19(17)23-7-3-2-4-8-23/h4-5,14-15,17-18H,2-3,6-13H2,1H3;5-6,13-14H,2-4,7-12H2,1H3/b19-14+;. The van der Waals surface area contributed by atoms with Gasteiger partial charge in [-0.25, -0.2) is 25.6 Å². The van der Waals surface area contributed by atoms with Gasteiger partial charge in [0.1, 0.15) is 23.3 Å². The number of amides is 3. The number of fused-ring (bicyclic) bond motifs is 2. The number of sulfonamides is 2. The first-order chi connectivity index (χ1) is 32.0. The fraction of sp³-hybridized carbons (Fsp3) is 0.478. The Morgan fingerprint density at radius 3 is 1.43 bits per heavy atom. The van der Waals surface area contributed by atoms with E-state index in [0.29, 0.717) is 83.8 Å². The van der Waals surface area contributed by atoms with E-state index in [9.17, 15) is 45.3 Å². The maximum Gasteiger partial charge on any atom is 0.264 e. The molecule has 0 N–H and O–H groups in total. The van der Waals surface area contributed by atoms with Gasteiger partial charge in [0.05, 0.1) is 46.0 Å². The van der Waals surface area contributed by atoms with Crippen molar-refractivity contribution in [2.24, 2.45) is 5.92 Å². The van der Waals surface area contributed by atoms with Gasteiger partial charge in [0.25, 0.3) is 17.7 Å². The molecule has 2 aromatic carbocycles. The summed E-state index contributed by atoms with van der Waals surface area (Å²) in [6.07, 6.45) is 12.4. The van der Waals surface area contributed by atoms with Gasteiger partial charge in [-0.05, 0) is 74.4 Å². The van der Waals surface area contributed by atoms with Gasteiger partial charge in [0, 0.05) is 115 Å². The first-order valence-corrected chi connectivity index (χ1v) is 26.3. The molecule has 356 valence electrons. The summed E-state index contributed by atoms with van der Waals surface area (Å²) in [5, 5.41) is 10.6. The van der Waals surface area contributed by atoms with Gasteiger partial charge in [0.15, 0.2) is 0 Å². The van der Waals surface area contributed by atoms with E-state index in [1.165, 1.54) is 45.3 Å². The fourth-order valence-electron chi connectivity index (χ4n) is 9.16. The molecular weight excluding hydrogens is 907 g/mol. The summed E-state index contributed by atoms with van der Waals surface area (Å²) in [4.78, 5) is 57.7. The SMILES string of the molecule is CS(=O)(=O)N1CCN(C(=O)c2cnc3ccc(F)cc3c2N2CCCCC2)CC1.CS(=O)(=O)N1CCN(C(=O)c2cnc3ccc(F)cc3c2N2CCN(C(=O)/C(C#N)=C/C3CC3)CC2)CC1. The number of carbonyl (C=O) groups excluding carboxylic acids is 3. The van der Waals surface area contributed by atoms with Gasteiger partial charge in [-0.1, -0.05) is 6.08 Å². The lowest BCUT2D eigenvalue weighted by molar-refractivity contribution is -0.127. The minimum absolute atomic E-state index is 0.168. The van der Waals surface area contributed by atoms with Gasteiger partial charge >= 0.3 is 0 Å². The van der Waals surface area contributed by atoms with Crippen LogP contribution in [-0.4, -0.2) is 172 Å². The summed E-state index contributed by atoms with van der Waals surface area (Å²) < 4.78 is 78.3. The minimum Gasteiger partial charge on any atom is -0.370 e. The molecule has 1 aliphatic carbocycles. The zero-order chi connectivity index (χ0) is 47.6. The number of anilines is 2. The highest BCUT2D eigenvalue weighted by Crippen LogP contribution is 2.35. The molecule has 17 nitrogen and oxygen atoms in total. The number of nitrogens with zero attached hydrogens (tertiary/aromatic N) is 10. The number of carbonyl (C=O) groups is 3. The van der Waals surface area contributed by atoms with E-state index in [4.69, 9.17) is 0 Å². The van der Waals surface area contributed by atoms with Crippen LogP contribution in [0.4, 0.5) is 20.2 Å². The molecule has 4 saturated heterocycles. The summed E-state index contributed by atoms with van der Waals surface area (Å²) in [6, 6.07) is 10.7. The second-order valence-corrected chi connectivity index (χ2v) is 21.6. The molecule has 0 spiro atoms. The van der Waals surface area contributed by atoms with Crippen molar-refractivity contribution in [3.63, 3.8) is 0 Å². The zero-order valence-electron chi connectivity index (χ0n) is 37.6. The van der Waals surface area contributed by atoms with E-state index < -0.39 is 25.9 Å². The lowest BCUT2D eigenvalue weighted by Crippen LogP contribution is -2.51. The van der Waals surface area contributed by atoms with Crippen molar-refractivity contribution in [1.82, 2.24) is 33.3 Å².